The minimum Gasteiger partial charge on any atom is -0.347 e. The van der Waals surface area contributed by atoms with Gasteiger partial charge in [0.05, 0.1) is 24.2 Å². The smallest absolute Gasteiger partial charge is 0.246 e. The van der Waals surface area contributed by atoms with Crippen LogP contribution >= 0.6 is 0 Å². The van der Waals surface area contributed by atoms with E-state index in [4.69, 9.17) is 0 Å². The van der Waals surface area contributed by atoms with Gasteiger partial charge in [-0.2, -0.15) is 0 Å². The van der Waals surface area contributed by atoms with Crippen LogP contribution in [-0.2, 0) is 54.5 Å². The van der Waals surface area contributed by atoms with Crippen LogP contribution < -0.4 is 31.9 Å². The molecule has 3 aromatic carbocycles. The standard InChI is InChI=1S/C52H70N8O6/c1-33(53-3)47(61)57-43(51(65)59-30-12-24-45(59)49(63)55-41-21-10-17-37-15-5-7-19-39(37)41)23-9-14-35-26-28-36(29-27-35)32-44(58-48(62)34(2)54-4)52(66)60-31-13-25-46(60)50(64)56-42-22-11-18-38-16-6-8-20-40(38)42/h5-8,15-16,19-20,26-29,33-34,41-46,53-54H,9-14,17-18,21-25,30-32H2,1-4H3,(H,55,63)(H,56,64)(H,57,61)(H,58,62)/t33-,34-,41-,42-,43+,44+,45-,46-/m1/s1. The Balaban J connectivity index is 0.982. The third-order valence-corrected chi connectivity index (χ3v) is 14.4. The minimum atomic E-state index is -0.881. The predicted molar refractivity (Wildman–Crippen MR) is 254 cm³/mol. The molecule has 0 bridgehead atoms. The number of likely N-dealkylation sites (tertiary alicyclic amines) is 2. The molecule has 2 fully saturated rings. The van der Waals surface area contributed by atoms with Gasteiger partial charge in [0.15, 0.2) is 0 Å². The Labute approximate surface area is 390 Å². The van der Waals surface area contributed by atoms with E-state index in [-0.39, 0.29) is 53.9 Å². The fraction of sp³-hybridized carbons (Fsp3) is 0.538. The molecule has 2 saturated heterocycles. The van der Waals surface area contributed by atoms with Crippen LogP contribution in [0.2, 0.25) is 0 Å². The van der Waals surface area contributed by atoms with Crippen LogP contribution in [0.1, 0.15) is 124 Å². The van der Waals surface area contributed by atoms with Crippen LogP contribution in [-0.4, -0.2) is 109 Å². The molecule has 8 atom stereocenters. The van der Waals surface area contributed by atoms with Gasteiger partial charge in [-0.1, -0.05) is 72.8 Å². The van der Waals surface area contributed by atoms with Crippen LogP contribution in [0.5, 0.6) is 0 Å². The molecule has 2 heterocycles. The van der Waals surface area contributed by atoms with Gasteiger partial charge in [-0.3, -0.25) is 28.8 Å². The number of carbonyl (C=O) groups is 6. The number of benzene rings is 3. The van der Waals surface area contributed by atoms with E-state index < -0.39 is 36.3 Å². The molecule has 2 aliphatic carbocycles. The molecule has 2 aliphatic heterocycles. The number of aryl methyl sites for hydroxylation is 3. The van der Waals surface area contributed by atoms with Crippen molar-refractivity contribution in [2.24, 2.45) is 0 Å². The molecule has 354 valence electrons. The molecular weight excluding hydrogens is 833 g/mol. The van der Waals surface area contributed by atoms with Crippen LogP contribution in [0.3, 0.4) is 0 Å². The van der Waals surface area contributed by atoms with E-state index in [1.165, 1.54) is 11.1 Å². The van der Waals surface area contributed by atoms with Gasteiger partial charge >= 0.3 is 0 Å². The number of amides is 6. The maximum absolute atomic E-state index is 14.4. The lowest BCUT2D eigenvalue weighted by atomic mass is 9.87. The minimum absolute atomic E-state index is 0.0911. The first-order chi connectivity index (χ1) is 31.9. The average Bonchev–Trinajstić information content (AvgIpc) is 4.05. The van der Waals surface area contributed by atoms with Crippen molar-refractivity contribution in [3.05, 3.63) is 106 Å². The van der Waals surface area contributed by atoms with Gasteiger partial charge < -0.3 is 41.7 Å². The maximum Gasteiger partial charge on any atom is 0.246 e. The first-order valence-electron chi connectivity index (χ1n) is 24.4. The number of likely N-dealkylation sites (N-methyl/N-ethyl adjacent to an activating group) is 2. The molecule has 7 rings (SSSR count). The molecule has 14 nitrogen and oxygen atoms in total. The van der Waals surface area contributed by atoms with Crippen LogP contribution in [0.15, 0.2) is 72.8 Å². The number of hydrogen-bond donors (Lipinski definition) is 6. The van der Waals surface area contributed by atoms with Crippen molar-refractivity contribution in [3.8, 4) is 0 Å². The average molecular weight is 903 g/mol. The van der Waals surface area contributed by atoms with Crippen LogP contribution in [0, 0.1) is 0 Å². The lowest BCUT2D eigenvalue weighted by Crippen LogP contribution is -2.56. The summed E-state index contributed by atoms with van der Waals surface area (Å²) in [6.07, 6.45) is 10.0. The van der Waals surface area contributed by atoms with Crippen LogP contribution in [0.4, 0.5) is 0 Å². The first kappa shape index (κ1) is 48.3. The molecule has 0 aromatic heterocycles. The zero-order chi connectivity index (χ0) is 46.7. The van der Waals surface area contributed by atoms with Crippen molar-refractivity contribution in [2.45, 2.75) is 152 Å². The summed E-state index contributed by atoms with van der Waals surface area (Å²) in [7, 11) is 3.39. The summed E-state index contributed by atoms with van der Waals surface area (Å²) in [4.78, 5) is 86.1. The van der Waals surface area contributed by atoms with Crippen LogP contribution in [0.25, 0.3) is 0 Å². The molecule has 0 saturated carbocycles. The van der Waals surface area contributed by atoms with E-state index in [0.717, 1.165) is 60.8 Å². The lowest BCUT2D eigenvalue weighted by molar-refractivity contribution is -0.142. The largest absolute Gasteiger partial charge is 0.347 e. The maximum atomic E-state index is 14.4. The molecule has 6 amide bonds. The van der Waals surface area contributed by atoms with Gasteiger partial charge in [-0.15, -0.1) is 0 Å². The predicted octanol–water partition coefficient (Wildman–Crippen LogP) is 4.11. The SMILES string of the molecule is CN[C@H](C)C(=O)N[C@@H](CCCc1ccc(C[C@H](NC(=O)[C@@H](C)NC)C(=O)N2CCC[C@@H]2C(=O)N[C@@H]2CCCc3ccccc32)cc1)C(=O)N1CCC[C@@H]1C(=O)N[C@@H]1CCCc2ccccc21. The Morgan fingerprint density at radius 2 is 1.03 bits per heavy atom. The Bertz CT molecular complexity index is 2200. The van der Waals surface area contributed by atoms with E-state index >= 15 is 0 Å². The third kappa shape index (κ3) is 11.7. The summed E-state index contributed by atoms with van der Waals surface area (Å²) < 4.78 is 0. The monoisotopic (exact) mass is 903 g/mol. The highest BCUT2D eigenvalue weighted by molar-refractivity contribution is 5.95. The summed E-state index contributed by atoms with van der Waals surface area (Å²) >= 11 is 0. The van der Waals surface area contributed by atoms with Crippen molar-refractivity contribution in [1.82, 2.24) is 41.7 Å². The highest BCUT2D eigenvalue weighted by Crippen LogP contribution is 2.32. The Hall–Kier alpha value is -5.60. The zero-order valence-corrected chi connectivity index (χ0v) is 39.2. The van der Waals surface area contributed by atoms with Crippen molar-refractivity contribution in [1.29, 1.82) is 0 Å². The normalized spacial score (nSPS) is 21.9. The molecular formula is C52H70N8O6. The van der Waals surface area contributed by atoms with Gasteiger partial charge in [-0.05, 0) is 145 Å². The summed E-state index contributed by atoms with van der Waals surface area (Å²) in [6, 6.07) is 20.2. The van der Waals surface area contributed by atoms with E-state index in [1.807, 2.05) is 48.5 Å². The second kappa shape index (κ2) is 22.7. The number of fused-ring (bicyclic) bond motifs is 2. The molecule has 3 aromatic rings. The topological polar surface area (TPSA) is 181 Å². The van der Waals surface area contributed by atoms with Gasteiger partial charge in [0.25, 0.3) is 0 Å². The lowest BCUT2D eigenvalue weighted by Gasteiger charge is -2.32. The van der Waals surface area contributed by atoms with Gasteiger partial charge in [-0.25, -0.2) is 0 Å². The summed E-state index contributed by atoms with van der Waals surface area (Å²) in [5, 5.41) is 18.4. The number of nitrogens with one attached hydrogen (secondary N) is 6. The third-order valence-electron chi connectivity index (χ3n) is 14.4. The Kier molecular flexibility index (Phi) is 16.6. The van der Waals surface area contributed by atoms with Crippen molar-refractivity contribution in [3.63, 3.8) is 0 Å². The summed E-state index contributed by atoms with van der Waals surface area (Å²) in [5.41, 5.74) is 6.65. The van der Waals surface area contributed by atoms with E-state index in [2.05, 4.69) is 56.2 Å². The number of hydrogen-bond acceptors (Lipinski definition) is 8. The van der Waals surface area contributed by atoms with Gasteiger partial charge in [0.2, 0.25) is 35.4 Å². The zero-order valence-electron chi connectivity index (χ0n) is 39.2. The number of carbonyl (C=O) groups excluding carboxylic acids is 6. The summed E-state index contributed by atoms with van der Waals surface area (Å²) in [5.74, 6) is -1.42. The van der Waals surface area contributed by atoms with Crippen molar-refractivity contribution in [2.75, 3.05) is 27.2 Å². The molecule has 6 N–H and O–H groups in total. The van der Waals surface area contributed by atoms with E-state index in [9.17, 15) is 28.8 Å². The van der Waals surface area contributed by atoms with E-state index in [0.29, 0.717) is 58.0 Å². The molecule has 0 radical (unpaired) electrons. The molecule has 66 heavy (non-hydrogen) atoms. The molecule has 14 heteroatoms. The van der Waals surface area contributed by atoms with Crippen molar-refractivity contribution < 1.29 is 28.8 Å². The Morgan fingerprint density at radius 3 is 1.53 bits per heavy atom. The molecule has 0 unspecified atom stereocenters. The van der Waals surface area contributed by atoms with Crippen molar-refractivity contribution >= 4 is 35.4 Å². The number of nitrogens with zero attached hydrogens (tertiary/aromatic N) is 2. The highest BCUT2D eigenvalue weighted by atomic mass is 16.2. The molecule has 0 spiro atoms. The van der Waals surface area contributed by atoms with Gasteiger partial charge in [0.1, 0.15) is 24.2 Å². The fourth-order valence-corrected chi connectivity index (χ4v) is 10.3. The fourth-order valence-electron chi connectivity index (χ4n) is 10.3. The quantitative estimate of drug-likeness (QED) is 0.110. The molecule has 4 aliphatic rings. The Morgan fingerprint density at radius 1 is 0.576 bits per heavy atom. The second-order valence-electron chi connectivity index (χ2n) is 18.7. The first-order valence-corrected chi connectivity index (χ1v) is 24.4. The highest BCUT2D eigenvalue weighted by Gasteiger charge is 2.41. The van der Waals surface area contributed by atoms with E-state index in [1.54, 1.807) is 37.7 Å². The van der Waals surface area contributed by atoms with Gasteiger partial charge in [0, 0.05) is 19.5 Å². The summed E-state index contributed by atoms with van der Waals surface area (Å²) in [6.45, 7) is 4.37. The second-order valence-corrected chi connectivity index (χ2v) is 18.7. The number of rotatable bonds is 18.